The molecule has 1 radical (unpaired) electrons. The Morgan fingerprint density at radius 3 is 0.750 bits per heavy atom. The summed E-state index contributed by atoms with van der Waals surface area (Å²) in [5.74, 6) is 0. The van der Waals surface area contributed by atoms with Crippen molar-refractivity contribution in [2.24, 2.45) is 0 Å². The topological polar surface area (TPSA) is 0 Å². The molecule has 0 atom stereocenters. The van der Waals surface area contributed by atoms with Crippen LogP contribution in [-0.2, 0) is 0 Å². The molecular weight excluding hydrogens is 428 g/mol. The van der Waals surface area contributed by atoms with Gasteiger partial charge in [0.15, 0.2) is 0 Å². The first-order chi connectivity index (χ1) is 0. The fourth-order valence-electron chi connectivity index (χ4n) is 0. The fraction of sp³-hybridized carbons (Fsp3) is 0. The Morgan fingerprint density at radius 1 is 0.750 bits per heavy atom. The molecule has 4 heavy (non-hydrogen) atoms. The van der Waals surface area contributed by atoms with Crippen molar-refractivity contribution in [3.63, 3.8) is 0 Å². The Bertz CT molecular complexity index is 6.00. The van der Waals surface area contributed by atoms with Crippen LogP contribution in [0.1, 0.15) is 0 Å². The standard InChI is InChI=1S/2HI.Mg.Sm/h2*1H;;/q;;+2;+3/p-2. The maximum atomic E-state index is 0. The molecule has 0 saturated carbocycles. The van der Waals surface area contributed by atoms with Gasteiger partial charge in [-0.25, -0.2) is 0 Å². The Morgan fingerprint density at radius 2 is 0.750 bits per heavy atom. The van der Waals surface area contributed by atoms with E-state index in [0.717, 1.165) is 0 Å². The van der Waals surface area contributed by atoms with Gasteiger partial charge in [-0.1, -0.05) is 0 Å². The third-order valence-corrected chi connectivity index (χ3v) is 0. The normalized spacial score (nSPS) is 0. The minimum atomic E-state index is 0. The molecule has 0 amide bonds. The average Bonchev–Trinajstić information content (AvgIpc) is 0. The third-order valence-electron chi connectivity index (χ3n) is 0. The third kappa shape index (κ3) is 9.12. The van der Waals surface area contributed by atoms with Crippen molar-refractivity contribution in [2.45, 2.75) is 0 Å². The number of halogens is 2. The summed E-state index contributed by atoms with van der Waals surface area (Å²) >= 11 is 0. The molecule has 0 nitrogen and oxygen atoms in total. The molecule has 19 valence electrons. The number of rotatable bonds is 0. The molecule has 0 bridgehead atoms. The van der Waals surface area contributed by atoms with Crippen molar-refractivity contribution in [1.82, 2.24) is 0 Å². The molecule has 0 N–H and O–H groups in total. The van der Waals surface area contributed by atoms with Crippen LogP contribution in [0.5, 0.6) is 0 Å². The van der Waals surface area contributed by atoms with Gasteiger partial charge in [-0.05, 0) is 0 Å². The van der Waals surface area contributed by atoms with E-state index in [9.17, 15) is 0 Å². The molecule has 0 spiro atoms. The molecule has 0 aliphatic carbocycles. The van der Waals surface area contributed by atoms with Crippen molar-refractivity contribution in [3.8, 4) is 0 Å². The van der Waals surface area contributed by atoms with E-state index in [-0.39, 0.29) is 111 Å². The van der Waals surface area contributed by atoms with Crippen LogP contribution in [-0.4, -0.2) is 23.1 Å². The zero-order valence-corrected chi connectivity index (χ0v) is 10.2. The molecule has 0 unspecified atom stereocenters. The van der Waals surface area contributed by atoms with Crippen molar-refractivity contribution < 1.29 is 88.3 Å². The maximum absolute atomic E-state index is 0. The summed E-state index contributed by atoms with van der Waals surface area (Å²) in [4.78, 5) is 0. The summed E-state index contributed by atoms with van der Waals surface area (Å²) in [5, 5.41) is 0. The minimum absolute atomic E-state index is 0. The van der Waals surface area contributed by atoms with Gasteiger partial charge in [-0.3, -0.25) is 0 Å². The molecule has 0 aromatic rings. The first-order valence-corrected chi connectivity index (χ1v) is 0. The summed E-state index contributed by atoms with van der Waals surface area (Å²) < 4.78 is 0. The first-order valence-electron chi connectivity index (χ1n) is 0. The number of hydrogen-bond donors (Lipinski definition) is 0. The summed E-state index contributed by atoms with van der Waals surface area (Å²) in [6, 6.07) is 0. The minimum Gasteiger partial charge on any atom is -1.00 e. The molecule has 0 heterocycles. The van der Waals surface area contributed by atoms with Crippen molar-refractivity contribution >= 4 is 23.1 Å². The van der Waals surface area contributed by atoms with Crippen LogP contribution in [0.3, 0.4) is 0 Å². The molecule has 0 aliphatic rings. The maximum Gasteiger partial charge on any atom is 3.00 e. The molecule has 0 aromatic heterocycles. The van der Waals surface area contributed by atoms with Gasteiger partial charge in [0.1, 0.15) is 0 Å². The SMILES string of the molecule is [I-].[I-].[Mg+2].[Sm+3]. The van der Waals surface area contributed by atoms with Crippen molar-refractivity contribution in [1.29, 1.82) is 0 Å². The van der Waals surface area contributed by atoms with Gasteiger partial charge in [0, 0.05) is 0 Å². The van der Waals surface area contributed by atoms with Crippen LogP contribution < -0.4 is 48.0 Å². The van der Waals surface area contributed by atoms with Gasteiger partial charge in [-0.2, -0.15) is 0 Å². The predicted octanol–water partition coefficient (Wildman–Crippen LogP) is -6.37. The zero-order valence-electron chi connectivity index (χ0n) is 1.87. The van der Waals surface area contributed by atoms with Gasteiger partial charge in [-0.15, -0.1) is 0 Å². The Balaban J connectivity index is 0. The second-order valence-electron chi connectivity index (χ2n) is 0. The Hall–Kier alpha value is 3.56. The zero-order chi connectivity index (χ0) is 0. The second-order valence-corrected chi connectivity index (χ2v) is 0. The van der Waals surface area contributed by atoms with E-state index in [1.807, 2.05) is 0 Å². The molecule has 0 saturated heterocycles. The fourth-order valence-corrected chi connectivity index (χ4v) is 0. The molecule has 0 aliphatic heterocycles. The van der Waals surface area contributed by atoms with E-state index in [1.165, 1.54) is 0 Å². The van der Waals surface area contributed by atoms with Crippen LogP contribution in [0.25, 0.3) is 0 Å². The van der Waals surface area contributed by atoms with Crippen LogP contribution in [0, 0.1) is 40.4 Å². The number of hydrogen-bond acceptors (Lipinski definition) is 0. The Kier molecular flexibility index (Phi) is 103. The molecule has 0 aromatic carbocycles. The van der Waals surface area contributed by atoms with E-state index >= 15 is 0 Å². The average molecular weight is 428 g/mol. The van der Waals surface area contributed by atoms with E-state index in [1.54, 1.807) is 0 Å². The van der Waals surface area contributed by atoms with Gasteiger partial charge in [0.05, 0.1) is 0 Å². The van der Waals surface area contributed by atoms with Gasteiger partial charge >= 0.3 is 63.4 Å². The van der Waals surface area contributed by atoms with Crippen LogP contribution in [0.4, 0.5) is 0 Å². The van der Waals surface area contributed by atoms with Crippen LogP contribution in [0.2, 0.25) is 0 Å². The quantitative estimate of drug-likeness (QED) is 0.266. The molecular formula is I2MgSm+3. The summed E-state index contributed by atoms with van der Waals surface area (Å²) in [6.45, 7) is 0. The van der Waals surface area contributed by atoms with Crippen LogP contribution >= 0.6 is 0 Å². The largest absolute Gasteiger partial charge is 3.00 e. The molecule has 0 fully saturated rings. The summed E-state index contributed by atoms with van der Waals surface area (Å²) in [5.41, 5.74) is 0. The van der Waals surface area contributed by atoms with Crippen molar-refractivity contribution in [2.75, 3.05) is 0 Å². The van der Waals surface area contributed by atoms with Gasteiger partial charge < -0.3 is 48.0 Å². The summed E-state index contributed by atoms with van der Waals surface area (Å²) in [7, 11) is 0. The van der Waals surface area contributed by atoms with E-state index in [4.69, 9.17) is 0 Å². The van der Waals surface area contributed by atoms with E-state index < -0.39 is 0 Å². The predicted molar refractivity (Wildman–Crippen MR) is 5.75 cm³/mol. The van der Waals surface area contributed by atoms with Gasteiger partial charge in [0.25, 0.3) is 0 Å². The van der Waals surface area contributed by atoms with Crippen LogP contribution in [0.15, 0.2) is 0 Å². The summed E-state index contributed by atoms with van der Waals surface area (Å²) in [6.07, 6.45) is 0. The molecule has 4 heteroatoms. The second kappa shape index (κ2) is 16.0. The molecule has 0 rings (SSSR count). The van der Waals surface area contributed by atoms with Gasteiger partial charge in [0.2, 0.25) is 0 Å². The Labute approximate surface area is 109 Å². The smallest absolute Gasteiger partial charge is 1.00 e. The van der Waals surface area contributed by atoms with Crippen molar-refractivity contribution in [3.05, 3.63) is 0 Å². The first kappa shape index (κ1) is 25.7. The van der Waals surface area contributed by atoms with E-state index in [2.05, 4.69) is 0 Å². The monoisotopic (exact) mass is 430 g/mol. The van der Waals surface area contributed by atoms with E-state index in [0.29, 0.717) is 0 Å².